The Morgan fingerprint density at radius 2 is 0.526 bits per heavy atom. The molecule has 0 saturated heterocycles. The van der Waals surface area contributed by atoms with Crippen molar-refractivity contribution in [2.24, 2.45) is 17.8 Å². The van der Waals surface area contributed by atoms with Gasteiger partial charge in [0.25, 0.3) is 0 Å². The third-order valence-corrected chi connectivity index (χ3v) is 20.4. The van der Waals surface area contributed by atoms with Crippen LogP contribution in [-0.4, -0.2) is 96.7 Å². The molecule has 0 spiro atoms. The van der Waals surface area contributed by atoms with Crippen LogP contribution >= 0.6 is 15.6 Å². The molecular formula is C78H152O17P2. The fourth-order valence-corrected chi connectivity index (χ4v) is 13.5. The Kier molecular flexibility index (Phi) is 67.1. The molecule has 19 heteroatoms. The lowest BCUT2D eigenvalue weighted by Gasteiger charge is -2.21. The zero-order chi connectivity index (χ0) is 71.6. The summed E-state index contributed by atoms with van der Waals surface area (Å²) in [6.45, 7) is 11.9. The van der Waals surface area contributed by atoms with E-state index in [-0.39, 0.29) is 25.7 Å². The first-order valence-corrected chi connectivity index (χ1v) is 43.4. The van der Waals surface area contributed by atoms with Crippen LogP contribution in [0.1, 0.15) is 402 Å². The van der Waals surface area contributed by atoms with Crippen LogP contribution in [0.15, 0.2) is 0 Å². The average Bonchev–Trinajstić information content (AvgIpc) is 1.27. The number of hydrogen-bond acceptors (Lipinski definition) is 15. The Bertz CT molecular complexity index is 1890. The van der Waals surface area contributed by atoms with Gasteiger partial charge in [0.1, 0.15) is 19.3 Å². The second-order valence-electron chi connectivity index (χ2n) is 29.3. The highest BCUT2D eigenvalue weighted by molar-refractivity contribution is 7.47. The van der Waals surface area contributed by atoms with E-state index in [1.807, 2.05) is 0 Å². The molecule has 0 saturated carbocycles. The molecule has 6 atom stereocenters. The normalized spacial score (nSPS) is 14.3. The van der Waals surface area contributed by atoms with Gasteiger partial charge in [-0.1, -0.05) is 350 Å². The fraction of sp³-hybridized carbons (Fsp3) is 0.949. The SMILES string of the molecule is CCCCCCCCCCCCCCCCCCCC(=O)OC[C@H](COP(=O)(O)OC[C@@H](O)COP(=O)(O)OC[C@@H](COC(=O)CCCCCCCCC(C)C)OC(=O)CCCCCCCCCCC(C)CC)OC(=O)CCCCCCCCCCCCCCCCCCC(C)C. The highest BCUT2D eigenvalue weighted by Gasteiger charge is 2.30. The fourth-order valence-electron chi connectivity index (χ4n) is 11.9. The van der Waals surface area contributed by atoms with Crippen molar-refractivity contribution < 1.29 is 80.2 Å². The largest absolute Gasteiger partial charge is 0.472 e. The second kappa shape index (κ2) is 68.5. The maximum atomic E-state index is 13.1. The van der Waals surface area contributed by atoms with E-state index in [9.17, 15) is 43.2 Å². The smallest absolute Gasteiger partial charge is 0.462 e. The summed E-state index contributed by atoms with van der Waals surface area (Å²) in [6, 6.07) is 0. The number of aliphatic hydroxyl groups is 1. The van der Waals surface area contributed by atoms with Crippen molar-refractivity contribution in [3.8, 4) is 0 Å². The Labute approximate surface area is 594 Å². The van der Waals surface area contributed by atoms with Crippen LogP contribution < -0.4 is 0 Å². The number of phosphoric acid groups is 2. The molecule has 576 valence electrons. The number of hydrogen-bond donors (Lipinski definition) is 3. The number of aliphatic hydroxyl groups excluding tert-OH is 1. The summed E-state index contributed by atoms with van der Waals surface area (Å²) in [5.41, 5.74) is 0. The van der Waals surface area contributed by atoms with E-state index in [2.05, 4.69) is 48.5 Å². The Morgan fingerprint density at radius 1 is 0.299 bits per heavy atom. The van der Waals surface area contributed by atoms with Crippen molar-refractivity contribution in [1.82, 2.24) is 0 Å². The first-order chi connectivity index (χ1) is 46.8. The second-order valence-corrected chi connectivity index (χ2v) is 32.2. The van der Waals surface area contributed by atoms with Crippen molar-refractivity contribution in [3.63, 3.8) is 0 Å². The average molecular weight is 1420 g/mol. The maximum absolute atomic E-state index is 13.1. The van der Waals surface area contributed by atoms with Gasteiger partial charge in [-0.05, 0) is 43.4 Å². The Balaban J connectivity index is 5.22. The van der Waals surface area contributed by atoms with E-state index in [1.54, 1.807) is 0 Å². The molecule has 0 aliphatic rings. The molecule has 3 N–H and O–H groups in total. The predicted octanol–water partition coefficient (Wildman–Crippen LogP) is 23.0. The molecule has 17 nitrogen and oxygen atoms in total. The monoisotopic (exact) mass is 1420 g/mol. The van der Waals surface area contributed by atoms with Gasteiger partial charge < -0.3 is 33.8 Å². The molecule has 0 rings (SSSR count). The summed E-state index contributed by atoms with van der Waals surface area (Å²) in [5.74, 6) is 0.140. The van der Waals surface area contributed by atoms with Gasteiger partial charge in [-0.2, -0.15) is 0 Å². The maximum Gasteiger partial charge on any atom is 0.472 e. The number of rotatable bonds is 76. The molecule has 97 heavy (non-hydrogen) atoms. The lowest BCUT2D eigenvalue weighted by molar-refractivity contribution is -0.161. The van der Waals surface area contributed by atoms with Crippen molar-refractivity contribution in [3.05, 3.63) is 0 Å². The zero-order valence-corrected chi connectivity index (χ0v) is 65.3. The molecular weight excluding hydrogens is 1270 g/mol. The molecule has 0 fully saturated rings. The van der Waals surface area contributed by atoms with Crippen LogP contribution in [0.5, 0.6) is 0 Å². The zero-order valence-electron chi connectivity index (χ0n) is 63.5. The van der Waals surface area contributed by atoms with Crippen LogP contribution in [0, 0.1) is 17.8 Å². The molecule has 0 bridgehead atoms. The molecule has 3 unspecified atom stereocenters. The Hall–Kier alpha value is -1.94. The number of unbranched alkanes of at least 4 members (excludes halogenated alkanes) is 43. The van der Waals surface area contributed by atoms with Gasteiger partial charge >= 0.3 is 39.5 Å². The standard InChI is InChI=1S/C78H152O17P2/c1-8-10-11-12-13-14-15-16-17-18-22-25-28-31-37-45-52-59-75(80)88-65-73(94-77(82)61-54-47-38-32-29-26-23-20-19-21-24-27-30-35-42-49-56-69(3)4)67-92-96(84,85)90-63-72(79)64-91-97(86,87)93-68-74(66-89-76(81)60-53-46-41-40-43-50-57-70(5)6)95-78(83)62-55-48-39-34-33-36-44-51-58-71(7)9-2/h69-74,79H,8-68H2,1-7H3,(H,84,85)(H,86,87)/t71?,72-,73-,74-/m1/s1. The van der Waals surface area contributed by atoms with E-state index in [1.165, 1.54) is 205 Å². The highest BCUT2D eigenvalue weighted by Crippen LogP contribution is 2.45. The van der Waals surface area contributed by atoms with Crippen molar-refractivity contribution >= 4 is 39.5 Å². The van der Waals surface area contributed by atoms with Gasteiger partial charge in [-0.25, -0.2) is 9.13 Å². The van der Waals surface area contributed by atoms with Crippen molar-refractivity contribution in [1.29, 1.82) is 0 Å². The molecule has 0 heterocycles. The van der Waals surface area contributed by atoms with Crippen LogP contribution in [0.3, 0.4) is 0 Å². The third kappa shape index (κ3) is 70.9. The van der Waals surface area contributed by atoms with Gasteiger partial charge in [0, 0.05) is 25.7 Å². The minimum atomic E-state index is -4.96. The number of carbonyl (C=O) groups is 4. The third-order valence-electron chi connectivity index (χ3n) is 18.5. The van der Waals surface area contributed by atoms with Gasteiger partial charge in [-0.15, -0.1) is 0 Å². The minimum Gasteiger partial charge on any atom is -0.462 e. The quantitative estimate of drug-likeness (QED) is 0.0222. The molecule has 0 aliphatic carbocycles. The van der Waals surface area contributed by atoms with Crippen molar-refractivity contribution in [2.45, 2.75) is 420 Å². The number of phosphoric ester groups is 2. The summed E-state index contributed by atoms with van der Waals surface area (Å²) < 4.78 is 68.6. The van der Waals surface area contributed by atoms with Gasteiger partial charge in [-0.3, -0.25) is 37.3 Å². The van der Waals surface area contributed by atoms with Crippen LogP contribution in [-0.2, 0) is 65.4 Å². The first-order valence-electron chi connectivity index (χ1n) is 40.4. The summed E-state index contributed by atoms with van der Waals surface area (Å²) in [6.07, 6.45) is 55.7. The Morgan fingerprint density at radius 3 is 0.784 bits per heavy atom. The van der Waals surface area contributed by atoms with Gasteiger partial charge in [0.15, 0.2) is 12.2 Å². The highest BCUT2D eigenvalue weighted by atomic mass is 31.2. The summed E-state index contributed by atoms with van der Waals surface area (Å²) >= 11 is 0. The van der Waals surface area contributed by atoms with Gasteiger partial charge in [0.2, 0.25) is 0 Å². The van der Waals surface area contributed by atoms with Crippen LogP contribution in [0.4, 0.5) is 0 Å². The number of esters is 4. The van der Waals surface area contributed by atoms with E-state index in [0.29, 0.717) is 31.6 Å². The van der Waals surface area contributed by atoms with Gasteiger partial charge in [0.05, 0.1) is 26.4 Å². The number of ether oxygens (including phenoxy) is 4. The molecule has 0 aromatic carbocycles. The van der Waals surface area contributed by atoms with E-state index in [0.717, 1.165) is 108 Å². The predicted molar refractivity (Wildman–Crippen MR) is 395 cm³/mol. The van der Waals surface area contributed by atoms with Crippen LogP contribution in [0.25, 0.3) is 0 Å². The molecule has 0 aliphatic heterocycles. The van der Waals surface area contributed by atoms with Crippen molar-refractivity contribution in [2.75, 3.05) is 39.6 Å². The van der Waals surface area contributed by atoms with Crippen LogP contribution in [0.2, 0.25) is 0 Å². The lowest BCUT2D eigenvalue weighted by Crippen LogP contribution is -2.30. The lowest BCUT2D eigenvalue weighted by atomic mass is 9.99. The summed E-state index contributed by atoms with van der Waals surface area (Å²) in [4.78, 5) is 72.8. The van der Waals surface area contributed by atoms with E-state index >= 15 is 0 Å². The first kappa shape index (κ1) is 95.1. The topological polar surface area (TPSA) is 237 Å². The minimum absolute atomic E-state index is 0.104. The molecule has 0 aromatic heterocycles. The molecule has 0 radical (unpaired) electrons. The molecule has 0 aromatic rings. The summed E-state index contributed by atoms with van der Waals surface area (Å²) in [7, 11) is -9.91. The van der Waals surface area contributed by atoms with E-state index in [4.69, 9.17) is 37.0 Å². The number of carbonyl (C=O) groups excluding carboxylic acids is 4. The summed E-state index contributed by atoms with van der Waals surface area (Å²) in [5, 5.41) is 10.6. The van der Waals surface area contributed by atoms with E-state index < -0.39 is 97.5 Å². The molecule has 0 amide bonds.